The van der Waals surface area contributed by atoms with Gasteiger partial charge >= 0.3 is 0 Å². The van der Waals surface area contributed by atoms with Gasteiger partial charge in [-0.05, 0) is 0 Å². The molecule has 0 spiro atoms. The van der Waals surface area contributed by atoms with Crippen molar-refractivity contribution in [3.63, 3.8) is 0 Å². The third kappa shape index (κ3) is 2.00. The van der Waals surface area contributed by atoms with Crippen molar-refractivity contribution in [2.45, 2.75) is 6.54 Å². The molecule has 0 aliphatic rings. The van der Waals surface area contributed by atoms with Gasteiger partial charge in [-0.15, -0.1) is 5.10 Å². The highest BCUT2D eigenvalue weighted by Crippen LogP contribution is 2.02. The Kier molecular flexibility index (Phi) is 2.54. The number of carbonyl (C=O) groups is 1. The number of hydrogen-bond acceptors (Lipinski definition) is 5. The average Bonchev–Trinajstić information content (AvgIpc) is 2.88. The lowest BCUT2D eigenvalue weighted by atomic mass is 10.4. The maximum atomic E-state index is 11.8. The van der Waals surface area contributed by atoms with Crippen molar-refractivity contribution in [2.24, 2.45) is 0 Å². The van der Waals surface area contributed by atoms with Crippen LogP contribution in [0.5, 0.6) is 0 Å². The molecule has 0 saturated heterocycles. The van der Waals surface area contributed by atoms with Crippen molar-refractivity contribution < 1.29 is 4.79 Å². The molecule has 2 heterocycles. The van der Waals surface area contributed by atoms with Crippen LogP contribution >= 0.6 is 0 Å². The molecule has 0 aliphatic carbocycles. The van der Waals surface area contributed by atoms with Gasteiger partial charge < -0.3 is 15.6 Å². The Labute approximate surface area is 90.9 Å². The maximum Gasteiger partial charge on any atom is 0.291 e. The first kappa shape index (κ1) is 10.1. The van der Waals surface area contributed by atoms with Crippen molar-refractivity contribution in [1.29, 1.82) is 0 Å². The Morgan fingerprint density at radius 1 is 1.62 bits per heavy atom. The molecule has 0 aromatic carbocycles. The van der Waals surface area contributed by atoms with E-state index in [4.69, 9.17) is 5.73 Å². The first-order valence-corrected chi connectivity index (χ1v) is 4.58. The average molecular weight is 221 g/mol. The lowest BCUT2D eigenvalue weighted by molar-refractivity contribution is 0.0770. The summed E-state index contributed by atoms with van der Waals surface area (Å²) in [5.74, 6) is 0.574. The van der Waals surface area contributed by atoms with E-state index in [-0.39, 0.29) is 17.7 Å². The molecule has 2 aromatic rings. The number of nitrogens with two attached hydrogens (primary N) is 1. The number of carbonyl (C=O) groups excluding carboxylic acids is 1. The third-order valence-electron chi connectivity index (χ3n) is 1.99. The largest absolute Gasteiger partial charge is 0.366 e. The summed E-state index contributed by atoms with van der Waals surface area (Å²) in [4.78, 5) is 23.9. The summed E-state index contributed by atoms with van der Waals surface area (Å²) in [6.07, 6.45) is 3.32. The summed E-state index contributed by atoms with van der Waals surface area (Å²) in [6.45, 7) is 0.367. The second-order valence-corrected chi connectivity index (χ2v) is 3.24. The first-order valence-electron chi connectivity index (χ1n) is 4.58. The van der Waals surface area contributed by atoms with Gasteiger partial charge in [-0.25, -0.2) is 4.98 Å². The lowest BCUT2D eigenvalue weighted by Gasteiger charge is -2.13. The Morgan fingerprint density at radius 2 is 2.44 bits per heavy atom. The van der Waals surface area contributed by atoms with Gasteiger partial charge in [0.25, 0.3) is 5.91 Å². The van der Waals surface area contributed by atoms with Crippen molar-refractivity contribution in [2.75, 3.05) is 12.8 Å². The fourth-order valence-corrected chi connectivity index (χ4v) is 1.23. The smallest absolute Gasteiger partial charge is 0.291 e. The number of H-pyrrole nitrogens is 2. The number of imidazole rings is 1. The van der Waals surface area contributed by atoms with Gasteiger partial charge in [0.1, 0.15) is 5.82 Å². The number of aromatic nitrogens is 5. The predicted octanol–water partition coefficient (Wildman–Crippen LogP) is -0.618. The number of nitrogens with one attached hydrogen (secondary N) is 2. The summed E-state index contributed by atoms with van der Waals surface area (Å²) in [5, 5.41) is 6.05. The molecule has 0 bridgehead atoms. The number of aromatic amines is 2. The SMILES string of the molecule is CN(Cc1ncc[nH]1)C(=O)c1nc(N)n[nH]1. The van der Waals surface area contributed by atoms with E-state index in [2.05, 4.69) is 25.1 Å². The number of anilines is 1. The van der Waals surface area contributed by atoms with Crippen molar-refractivity contribution >= 4 is 11.9 Å². The van der Waals surface area contributed by atoms with Gasteiger partial charge in [0, 0.05) is 19.4 Å². The van der Waals surface area contributed by atoms with E-state index in [0.717, 1.165) is 0 Å². The minimum atomic E-state index is -0.291. The van der Waals surface area contributed by atoms with Crippen LogP contribution in [0.2, 0.25) is 0 Å². The summed E-state index contributed by atoms with van der Waals surface area (Å²) < 4.78 is 0. The van der Waals surface area contributed by atoms with Crippen LogP contribution in [0.4, 0.5) is 5.95 Å². The molecule has 8 nitrogen and oxygen atoms in total. The van der Waals surface area contributed by atoms with Crippen LogP contribution in [0.25, 0.3) is 0 Å². The number of hydrogen-bond donors (Lipinski definition) is 3. The van der Waals surface area contributed by atoms with E-state index >= 15 is 0 Å². The van der Waals surface area contributed by atoms with E-state index in [1.165, 1.54) is 4.90 Å². The van der Waals surface area contributed by atoms with Crippen LogP contribution in [-0.2, 0) is 6.54 Å². The molecule has 2 rings (SSSR count). The predicted molar refractivity (Wildman–Crippen MR) is 55.2 cm³/mol. The summed E-state index contributed by atoms with van der Waals surface area (Å²) in [6, 6.07) is 0. The van der Waals surface area contributed by atoms with Gasteiger partial charge in [0.2, 0.25) is 11.8 Å². The molecule has 84 valence electrons. The number of amides is 1. The molecular weight excluding hydrogens is 210 g/mol. The highest BCUT2D eigenvalue weighted by atomic mass is 16.2. The fraction of sp³-hybridized carbons (Fsp3) is 0.250. The molecule has 1 amide bonds. The molecule has 16 heavy (non-hydrogen) atoms. The standard InChI is InChI=1S/C8H11N7O/c1-15(4-5-10-2-3-11-5)7(16)6-12-8(9)14-13-6/h2-3H,4H2,1H3,(H,10,11)(H3,9,12,13,14). The Bertz CT molecular complexity index is 474. The van der Waals surface area contributed by atoms with E-state index in [1.54, 1.807) is 19.4 Å². The molecule has 0 unspecified atom stereocenters. The summed E-state index contributed by atoms with van der Waals surface area (Å²) >= 11 is 0. The fourth-order valence-electron chi connectivity index (χ4n) is 1.23. The van der Waals surface area contributed by atoms with Crippen LogP contribution in [0.3, 0.4) is 0 Å². The van der Waals surface area contributed by atoms with E-state index in [0.29, 0.717) is 12.4 Å². The van der Waals surface area contributed by atoms with Crippen LogP contribution < -0.4 is 5.73 Å². The molecule has 0 aliphatic heterocycles. The normalized spacial score (nSPS) is 10.3. The van der Waals surface area contributed by atoms with Crippen LogP contribution in [0, 0.1) is 0 Å². The second kappa shape index (κ2) is 4.01. The number of nitrogens with zero attached hydrogens (tertiary/aromatic N) is 4. The lowest BCUT2D eigenvalue weighted by Crippen LogP contribution is -2.27. The molecule has 0 radical (unpaired) electrons. The zero-order valence-corrected chi connectivity index (χ0v) is 8.64. The quantitative estimate of drug-likeness (QED) is 0.638. The molecule has 4 N–H and O–H groups in total. The Balaban J connectivity index is 2.05. The topological polar surface area (TPSA) is 117 Å². The van der Waals surface area contributed by atoms with Gasteiger partial charge in [-0.2, -0.15) is 4.98 Å². The zero-order chi connectivity index (χ0) is 11.5. The van der Waals surface area contributed by atoms with Crippen LogP contribution in [0.15, 0.2) is 12.4 Å². The molecule has 8 heteroatoms. The minimum Gasteiger partial charge on any atom is -0.366 e. The monoisotopic (exact) mass is 221 g/mol. The van der Waals surface area contributed by atoms with Gasteiger partial charge in [0.15, 0.2) is 0 Å². The highest BCUT2D eigenvalue weighted by molar-refractivity contribution is 5.90. The van der Waals surface area contributed by atoms with E-state index in [1.807, 2.05) is 0 Å². The molecule has 0 atom stereocenters. The van der Waals surface area contributed by atoms with Gasteiger partial charge in [-0.3, -0.25) is 9.89 Å². The van der Waals surface area contributed by atoms with Gasteiger partial charge in [-0.1, -0.05) is 0 Å². The van der Waals surface area contributed by atoms with Crippen LogP contribution in [-0.4, -0.2) is 43.0 Å². The third-order valence-corrected chi connectivity index (χ3v) is 1.99. The van der Waals surface area contributed by atoms with Crippen molar-refractivity contribution in [1.82, 2.24) is 30.0 Å². The zero-order valence-electron chi connectivity index (χ0n) is 8.64. The van der Waals surface area contributed by atoms with E-state index in [9.17, 15) is 4.79 Å². The minimum absolute atomic E-state index is 0.0507. The first-order chi connectivity index (χ1) is 7.66. The second-order valence-electron chi connectivity index (χ2n) is 3.24. The molecule has 2 aromatic heterocycles. The van der Waals surface area contributed by atoms with Crippen molar-refractivity contribution in [3.8, 4) is 0 Å². The van der Waals surface area contributed by atoms with Crippen LogP contribution in [0.1, 0.15) is 16.4 Å². The Hall–Kier alpha value is -2.38. The summed E-state index contributed by atoms with van der Waals surface area (Å²) in [7, 11) is 1.64. The summed E-state index contributed by atoms with van der Waals surface area (Å²) in [5.41, 5.74) is 5.31. The molecule has 0 saturated carbocycles. The van der Waals surface area contributed by atoms with Gasteiger partial charge in [0.05, 0.1) is 6.54 Å². The number of nitrogen functional groups attached to an aromatic ring is 1. The Morgan fingerprint density at radius 3 is 3.00 bits per heavy atom. The van der Waals surface area contributed by atoms with Crippen molar-refractivity contribution in [3.05, 3.63) is 24.0 Å². The maximum absolute atomic E-state index is 11.8. The number of rotatable bonds is 3. The molecule has 0 fully saturated rings. The highest BCUT2D eigenvalue weighted by Gasteiger charge is 2.16. The van der Waals surface area contributed by atoms with E-state index < -0.39 is 0 Å². The molecular formula is C8H11N7O.